The topological polar surface area (TPSA) is 40.5 Å². The molecule has 17 heavy (non-hydrogen) atoms. The molecule has 2 rings (SSSR count). The summed E-state index contributed by atoms with van der Waals surface area (Å²) in [6.45, 7) is 1.82. The standard InChI is InChI=1S/C13H16ClNO2/c14-12-4-2-1-3-11(12)10-5-7-15(8-6-10)9-13(16)17/h1-4,10H,5-9H2,(H,16,17). The average Bonchev–Trinajstić information content (AvgIpc) is 2.30. The van der Waals surface area contributed by atoms with Crippen molar-refractivity contribution in [3.05, 3.63) is 34.9 Å². The fourth-order valence-electron chi connectivity index (χ4n) is 2.40. The van der Waals surface area contributed by atoms with Crippen LogP contribution in [0.25, 0.3) is 0 Å². The van der Waals surface area contributed by atoms with E-state index < -0.39 is 5.97 Å². The van der Waals surface area contributed by atoms with Crippen molar-refractivity contribution in [3.63, 3.8) is 0 Å². The predicted molar refractivity (Wildman–Crippen MR) is 67.5 cm³/mol. The maximum absolute atomic E-state index is 10.6. The molecule has 0 amide bonds. The van der Waals surface area contributed by atoms with E-state index in [9.17, 15) is 4.79 Å². The van der Waals surface area contributed by atoms with Crippen molar-refractivity contribution in [2.75, 3.05) is 19.6 Å². The van der Waals surface area contributed by atoms with Gasteiger partial charge >= 0.3 is 5.97 Å². The van der Waals surface area contributed by atoms with E-state index in [0.29, 0.717) is 5.92 Å². The second-order valence-corrected chi connectivity index (χ2v) is 4.87. The second-order valence-electron chi connectivity index (χ2n) is 4.47. The molecule has 0 saturated carbocycles. The van der Waals surface area contributed by atoms with Crippen molar-refractivity contribution in [3.8, 4) is 0 Å². The second kappa shape index (κ2) is 5.52. The van der Waals surface area contributed by atoms with Crippen LogP contribution in [0.1, 0.15) is 24.3 Å². The number of piperidine rings is 1. The van der Waals surface area contributed by atoms with Gasteiger partial charge in [0.25, 0.3) is 0 Å². The number of hydrogen-bond donors (Lipinski definition) is 1. The monoisotopic (exact) mass is 253 g/mol. The van der Waals surface area contributed by atoms with E-state index in [2.05, 4.69) is 6.07 Å². The normalized spacial score (nSPS) is 18.2. The van der Waals surface area contributed by atoms with Gasteiger partial charge in [-0.05, 0) is 43.5 Å². The maximum atomic E-state index is 10.6. The van der Waals surface area contributed by atoms with E-state index in [1.54, 1.807) is 0 Å². The molecular weight excluding hydrogens is 238 g/mol. The largest absolute Gasteiger partial charge is 0.480 e. The lowest BCUT2D eigenvalue weighted by Crippen LogP contribution is -2.36. The van der Waals surface area contributed by atoms with Crippen LogP contribution in [0.15, 0.2) is 24.3 Å². The van der Waals surface area contributed by atoms with Gasteiger partial charge in [-0.2, -0.15) is 0 Å². The first-order valence-electron chi connectivity index (χ1n) is 5.85. The maximum Gasteiger partial charge on any atom is 0.317 e. The summed E-state index contributed by atoms with van der Waals surface area (Å²) in [5.74, 6) is -0.282. The molecule has 1 aliphatic rings. The van der Waals surface area contributed by atoms with E-state index in [0.717, 1.165) is 31.0 Å². The molecule has 1 fully saturated rings. The Morgan fingerprint density at radius 3 is 2.59 bits per heavy atom. The van der Waals surface area contributed by atoms with Crippen LogP contribution in [0, 0.1) is 0 Å². The third-order valence-corrected chi connectivity index (χ3v) is 3.64. The van der Waals surface area contributed by atoms with Crippen LogP contribution in [-0.4, -0.2) is 35.6 Å². The highest BCUT2D eigenvalue weighted by molar-refractivity contribution is 6.31. The number of aliphatic carboxylic acids is 1. The molecule has 0 aromatic heterocycles. The Hall–Kier alpha value is -1.06. The summed E-state index contributed by atoms with van der Waals surface area (Å²) >= 11 is 6.17. The van der Waals surface area contributed by atoms with Crippen molar-refractivity contribution in [2.45, 2.75) is 18.8 Å². The molecule has 0 radical (unpaired) electrons. The zero-order valence-electron chi connectivity index (χ0n) is 9.60. The first kappa shape index (κ1) is 12.4. The van der Waals surface area contributed by atoms with E-state index >= 15 is 0 Å². The number of likely N-dealkylation sites (tertiary alicyclic amines) is 1. The first-order chi connectivity index (χ1) is 8.16. The first-order valence-corrected chi connectivity index (χ1v) is 6.23. The van der Waals surface area contributed by atoms with Gasteiger partial charge in [0.1, 0.15) is 0 Å². The smallest absolute Gasteiger partial charge is 0.317 e. The number of benzene rings is 1. The van der Waals surface area contributed by atoms with Gasteiger partial charge in [-0.25, -0.2) is 0 Å². The van der Waals surface area contributed by atoms with Crippen molar-refractivity contribution >= 4 is 17.6 Å². The summed E-state index contributed by atoms with van der Waals surface area (Å²) in [5.41, 5.74) is 1.20. The molecule has 1 aromatic rings. The molecule has 3 nitrogen and oxygen atoms in total. The zero-order valence-corrected chi connectivity index (χ0v) is 10.4. The third-order valence-electron chi connectivity index (χ3n) is 3.29. The summed E-state index contributed by atoms with van der Waals surface area (Å²) < 4.78 is 0. The quantitative estimate of drug-likeness (QED) is 0.900. The van der Waals surface area contributed by atoms with Gasteiger partial charge in [0.15, 0.2) is 0 Å². The summed E-state index contributed by atoms with van der Waals surface area (Å²) in [5, 5.41) is 9.55. The third kappa shape index (κ3) is 3.20. The highest BCUT2D eigenvalue weighted by Crippen LogP contribution is 2.32. The van der Waals surface area contributed by atoms with E-state index in [1.165, 1.54) is 5.56 Å². The molecule has 0 unspecified atom stereocenters. The molecule has 0 bridgehead atoms. The van der Waals surface area contributed by atoms with Gasteiger partial charge in [0.05, 0.1) is 6.54 Å². The average molecular weight is 254 g/mol. The Morgan fingerprint density at radius 1 is 1.35 bits per heavy atom. The molecular formula is C13H16ClNO2. The molecule has 1 aromatic carbocycles. The minimum Gasteiger partial charge on any atom is -0.480 e. The number of carboxylic acids is 1. The van der Waals surface area contributed by atoms with Crippen LogP contribution < -0.4 is 0 Å². The van der Waals surface area contributed by atoms with Crippen LogP contribution in [0.2, 0.25) is 5.02 Å². The number of hydrogen-bond acceptors (Lipinski definition) is 2. The van der Waals surface area contributed by atoms with E-state index in [1.807, 2.05) is 23.1 Å². The number of halogens is 1. The van der Waals surface area contributed by atoms with Gasteiger partial charge in [-0.3, -0.25) is 9.69 Å². The van der Waals surface area contributed by atoms with Crippen LogP contribution >= 0.6 is 11.6 Å². The summed E-state index contributed by atoms with van der Waals surface area (Å²) in [6.07, 6.45) is 1.97. The molecule has 1 N–H and O–H groups in total. The molecule has 4 heteroatoms. The Labute approximate surface area is 106 Å². The van der Waals surface area contributed by atoms with Crippen LogP contribution in [0.4, 0.5) is 0 Å². The SMILES string of the molecule is O=C(O)CN1CCC(c2ccccc2Cl)CC1. The highest BCUT2D eigenvalue weighted by atomic mass is 35.5. The molecule has 0 spiro atoms. The Morgan fingerprint density at radius 2 is 2.00 bits per heavy atom. The lowest BCUT2D eigenvalue weighted by molar-refractivity contribution is -0.138. The number of carbonyl (C=O) groups is 1. The summed E-state index contributed by atoms with van der Waals surface area (Å²) in [6, 6.07) is 7.93. The Kier molecular flexibility index (Phi) is 4.02. The fourth-order valence-corrected chi connectivity index (χ4v) is 2.69. The van der Waals surface area contributed by atoms with Crippen molar-refractivity contribution in [1.29, 1.82) is 0 Å². The molecule has 0 atom stereocenters. The predicted octanol–water partition coefficient (Wildman–Crippen LogP) is 2.60. The van der Waals surface area contributed by atoms with Crippen molar-refractivity contribution in [2.24, 2.45) is 0 Å². The van der Waals surface area contributed by atoms with E-state index in [4.69, 9.17) is 16.7 Å². The Bertz CT molecular complexity index is 400. The molecule has 0 aliphatic carbocycles. The van der Waals surface area contributed by atoms with Crippen molar-refractivity contribution < 1.29 is 9.90 Å². The van der Waals surface area contributed by atoms with Gasteiger partial charge in [-0.1, -0.05) is 29.8 Å². The highest BCUT2D eigenvalue weighted by Gasteiger charge is 2.22. The Balaban J connectivity index is 1.95. The molecule has 1 saturated heterocycles. The van der Waals surface area contributed by atoms with Crippen molar-refractivity contribution in [1.82, 2.24) is 4.90 Å². The minimum atomic E-state index is -0.749. The van der Waals surface area contributed by atoms with Gasteiger partial charge in [0.2, 0.25) is 0 Å². The molecule has 1 heterocycles. The molecule has 1 aliphatic heterocycles. The van der Waals surface area contributed by atoms with Crippen LogP contribution in [0.5, 0.6) is 0 Å². The lowest BCUT2D eigenvalue weighted by atomic mass is 9.89. The van der Waals surface area contributed by atoms with Gasteiger partial charge in [-0.15, -0.1) is 0 Å². The zero-order chi connectivity index (χ0) is 12.3. The summed E-state index contributed by atoms with van der Waals surface area (Å²) in [4.78, 5) is 12.6. The van der Waals surface area contributed by atoms with Crippen LogP contribution in [-0.2, 0) is 4.79 Å². The number of carboxylic acid groups (broad SMARTS) is 1. The fraction of sp³-hybridized carbons (Fsp3) is 0.462. The minimum absolute atomic E-state index is 0.148. The number of nitrogens with zero attached hydrogens (tertiary/aromatic N) is 1. The van der Waals surface area contributed by atoms with E-state index in [-0.39, 0.29) is 6.54 Å². The summed E-state index contributed by atoms with van der Waals surface area (Å²) in [7, 11) is 0. The van der Waals surface area contributed by atoms with Gasteiger partial charge in [0, 0.05) is 5.02 Å². The molecule has 92 valence electrons. The van der Waals surface area contributed by atoms with Gasteiger partial charge < -0.3 is 5.11 Å². The lowest BCUT2D eigenvalue weighted by Gasteiger charge is -2.31. The van der Waals surface area contributed by atoms with Crippen LogP contribution in [0.3, 0.4) is 0 Å². The number of rotatable bonds is 3.